The Morgan fingerprint density at radius 2 is 1.90 bits per heavy atom. The molecule has 0 aromatic heterocycles. The lowest BCUT2D eigenvalue weighted by Gasteiger charge is -2.15. The smallest absolute Gasteiger partial charge is 0.118 e. The van der Waals surface area contributed by atoms with Crippen LogP contribution in [0.3, 0.4) is 0 Å². The van der Waals surface area contributed by atoms with Crippen LogP contribution in [0.5, 0.6) is 5.75 Å². The summed E-state index contributed by atoms with van der Waals surface area (Å²) in [6.45, 7) is 4.75. The van der Waals surface area contributed by atoms with Crippen molar-refractivity contribution >= 4 is 0 Å². The van der Waals surface area contributed by atoms with E-state index in [1.165, 1.54) is 24.8 Å². The van der Waals surface area contributed by atoms with Crippen LogP contribution in [-0.4, -0.2) is 13.2 Å². The number of rotatable bonds is 9. The number of hydrogen-bond acceptors (Lipinski definition) is 2. The second-order valence-corrected chi connectivity index (χ2v) is 4.91. The van der Waals surface area contributed by atoms with Gasteiger partial charge in [0.25, 0.3) is 0 Å². The first-order valence-electron chi connectivity index (χ1n) is 7.44. The van der Waals surface area contributed by atoms with Gasteiger partial charge in [-0.3, -0.25) is 0 Å². The zero-order valence-corrected chi connectivity index (χ0v) is 12.9. The van der Waals surface area contributed by atoms with Gasteiger partial charge in [-0.1, -0.05) is 38.3 Å². The van der Waals surface area contributed by atoms with E-state index in [1.54, 1.807) is 7.11 Å². The summed E-state index contributed by atoms with van der Waals surface area (Å²) >= 11 is 0. The van der Waals surface area contributed by atoms with Crippen LogP contribution in [0.15, 0.2) is 24.3 Å². The van der Waals surface area contributed by atoms with Gasteiger partial charge in [-0.25, -0.2) is 0 Å². The van der Waals surface area contributed by atoms with E-state index in [9.17, 15) is 0 Å². The Hall–Kier alpha value is -1.46. The SMILES string of the molecule is CC#CC[C@@H](CCCCC)OCc1ccc(OC)cc1. The van der Waals surface area contributed by atoms with Gasteiger partial charge in [-0.2, -0.15) is 0 Å². The molecule has 0 unspecified atom stereocenters. The third kappa shape index (κ3) is 6.63. The first kappa shape index (κ1) is 16.6. The molecule has 1 aromatic rings. The summed E-state index contributed by atoms with van der Waals surface area (Å²) < 4.78 is 11.2. The number of ether oxygens (including phenoxy) is 2. The monoisotopic (exact) mass is 274 g/mol. The third-order valence-corrected chi connectivity index (χ3v) is 3.28. The van der Waals surface area contributed by atoms with Crippen molar-refractivity contribution in [1.29, 1.82) is 0 Å². The van der Waals surface area contributed by atoms with Crippen LogP contribution < -0.4 is 4.74 Å². The molecule has 0 heterocycles. The molecule has 110 valence electrons. The first-order chi connectivity index (χ1) is 9.80. The van der Waals surface area contributed by atoms with Crippen molar-refractivity contribution in [2.24, 2.45) is 0 Å². The highest BCUT2D eigenvalue weighted by Crippen LogP contribution is 2.15. The second kappa shape index (κ2) is 10.3. The molecule has 0 fully saturated rings. The highest BCUT2D eigenvalue weighted by atomic mass is 16.5. The largest absolute Gasteiger partial charge is 0.497 e. The average molecular weight is 274 g/mol. The molecule has 2 heteroatoms. The van der Waals surface area contributed by atoms with E-state index in [2.05, 4.69) is 18.8 Å². The quantitative estimate of drug-likeness (QED) is 0.485. The molecule has 0 aliphatic carbocycles. The summed E-state index contributed by atoms with van der Waals surface area (Å²) in [7, 11) is 1.68. The van der Waals surface area contributed by atoms with Crippen LogP contribution in [-0.2, 0) is 11.3 Å². The molecule has 20 heavy (non-hydrogen) atoms. The van der Waals surface area contributed by atoms with E-state index >= 15 is 0 Å². The van der Waals surface area contributed by atoms with Crippen molar-refractivity contribution in [3.8, 4) is 17.6 Å². The van der Waals surface area contributed by atoms with Crippen LogP contribution in [0.2, 0.25) is 0 Å². The van der Waals surface area contributed by atoms with E-state index < -0.39 is 0 Å². The minimum atomic E-state index is 0.246. The lowest BCUT2D eigenvalue weighted by atomic mass is 10.1. The Morgan fingerprint density at radius 3 is 2.50 bits per heavy atom. The van der Waals surface area contributed by atoms with Gasteiger partial charge >= 0.3 is 0 Å². The number of benzene rings is 1. The fourth-order valence-electron chi connectivity index (χ4n) is 2.02. The zero-order valence-electron chi connectivity index (χ0n) is 12.9. The van der Waals surface area contributed by atoms with Gasteiger partial charge in [0.15, 0.2) is 0 Å². The first-order valence-corrected chi connectivity index (χ1v) is 7.44. The third-order valence-electron chi connectivity index (χ3n) is 3.28. The Bertz CT molecular complexity index is 411. The fraction of sp³-hybridized carbons (Fsp3) is 0.556. The van der Waals surface area contributed by atoms with Crippen LogP contribution in [0.1, 0.15) is 51.5 Å². The van der Waals surface area contributed by atoms with Gasteiger partial charge in [0, 0.05) is 6.42 Å². The van der Waals surface area contributed by atoms with Gasteiger partial charge in [-0.05, 0) is 31.0 Å². The second-order valence-electron chi connectivity index (χ2n) is 4.91. The molecule has 0 radical (unpaired) electrons. The molecular formula is C18H26O2. The molecule has 0 bridgehead atoms. The molecule has 1 aromatic carbocycles. The van der Waals surface area contributed by atoms with E-state index in [4.69, 9.17) is 9.47 Å². The molecule has 0 N–H and O–H groups in total. The standard InChI is InChI=1S/C18H26O2/c1-4-6-8-10-18(9-7-5-2)20-15-16-11-13-17(19-3)14-12-16/h11-14,18H,4,6,8-10,15H2,1-3H3/t18-/m0/s1. The van der Waals surface area contributed by atoms with Crippen molar-refractivity contribution in [3.63, 3.8) is 0 Å². The molecule has 1 atom stereocenters. The number of methoxy groups -OCH3 is 1. The Kier molecular flexibility index (Phi) is 8.58. The molecule has 0 saturated heterocycles. The molecule has 0 spiro atoms. The van der Waals surface area contributed by atoms with Crippen molar-refractivity contribution < 1.29 is 9.47 Å². The minimum Gasteiger partial charge on any atom is -0.497 e. The summed E-state index contributed by atoms with van der Waals surface area (Å²) in [5, 5.41) is 0. The zero-order chi connectivity index (χ0) is 14.6. The molecule has 0 aliphatic rings. The average Bonchev–Trinajstić information content (AvgIpc) is 2.50. The predicted molar refractivity (Wildman–Crippen MR) is 83.8 cm³/mol. The highest BCUT2D eigenvalue weighted by Gasteiger charge is 2.08. The molecule has 0 aliphatic heterocycles. The molecule has 0 amide bonds. The van der Waals surface area contributed by atoms with Crippen molar-refractivity contribution in [3.05, 3.63) is 29.8 Å². The topological polar surface area (TPSA) is 18.5 Å². The van der Waals surface area contributed by atoms with Gasteiger partial charge < -0.3 is 9.47 Å². The maximum absolute atomic E-state index is 6.01. The fourth-order valence-corrected chi connectivity index (χ4v) is 2.02. The van der Waals surface area contributed by atoms with Crippen molar-refractivity contribution in [2.45, 2.75) is 58.7 Å². The lowest BCUT2D eigenvalue weighted by Crippen LogP contribution is -2.12. The van der Waals surface area contributed by atoms with Crippen LogP contribution in [0, 0.1) is 11.8 Å². The van der Waals surface area contributed by atoms with Gasteiger partial charge in [0.1, 0.15) is 5.75 Å². The van der Waals surface area contributed by atoms with Crippen molar-refractivity contribution in [2.75, 3.05) is 7.11 Å². The van der Waals surface area contributed by atoms with Gasteiger partial charge in [0.05, 0.1) is 19.8 Å². The van der Waals surface area contributed by atoms with Crippen molar-refractivity contribution in [1.82, 2.24) is 0 Å². The van der Waals surface area contributed by atoms with Gasteiger partial charge in [0.2, 0.25) is 0 Å². The summed E-state index contributed by atoms with van der Waals surface area (Å²) in [4.78, 5) is 0. The van der Waals surface area contributed by atoms with Crippen LogP contribution in [0.25, 0.3) is 0 Å². The van der Waals surface area contributed by atoms with Crippen LogP contribution >= 0.6 is 0 Å². The Labute approximate surface area is 123 Å². The van der Waals surface area contributed by atoms with E-state index in [1.807, 2.05) is 31.2 Å². The normalized spacial score (nSPS) is 11.6. The maximum Gasteiger partial charge on any atom is 0.118 e. The van der Waals surface area contributed by atoms with Gasteiger partial charge in [-0.15, -0.1) is 11.8 Å². The summed E-state index contributed by atoms with van der Waals surface area (Å²) in [5.74, 6) is 6.97. The Morgan fingerprint density at radius 1 is 1.15 bits per heavy atom. The summed E-state index contributed by atoms with van der Waals surface area (Å²) in [6, 6.07) is 8.04. The highest BCUT2D eigenvalue weighted by molar-refractivity contribution is 5.26. The predicted octanol–water partition coefficient (Wildman–Crippen LogP) is 4.57. The lowest BCUT2D eigenvalue weighted by molar-refractivity contribution is 0.0368. The van der Waals surface area contributed by atoms with E-state index in [-0.39, 0.29) is 6.10 Å². The molecular weight excluding hydrogens is 248 g/mol. The number of unbranched alkanes of at least 4 members (excludes halogenated alkanes) is 2. The van der Waals surface area contributed by atoms with E-state index in [0.29, 0.717) is 6.61 Å². The summed E-state index contributed by atoms with van der Waals surface area (Å²) in [6.07, 6.45) is 5.90. The molecule has 0 saturated carbocycles. The maximum atomic E-state index is 6.01. The summed E-state index contributed by atoms with van der Waals surface area (Å²) in [5.41, 5.74) is 1.18. The molecule has 1 rings (SSSR count). The number of hydrogen-bond donors (Lipinski definition) is 0. The van der Waals surface area contributed by atoms with E-state index in [0.717, 1.165) is 18.6 Å². The molecule has 2 nitrogen and oxygen atoms in total. The van der Waals surface area contributed by atoms with Crippen LogP contribution in [0.4, 0.5) is 0 Å². The Balaban J connectivity index is 2.43. The minimum absolute atomic E-state index is 0.246.